The fraction of sp³-hybridized carbons (Fsp3) is 0.471. The van der Waals surface area contributed by atoms with Gasteiger partial charge in [0.25, 0.3) is 0 Å². The molecule has 1 aromatic carbocycles. The molecule has 118 valence electrons. The van der Waals surface area contributed by atoms with Crippen molar-refractivity contribution in [2.24, 2.45) is 0 Å². The number of methoxy groups -OCH3 is 2. The van der Waals surface area contributed by atoms with Gasteiger partial charge in [0, 0.05) is 18.7 Å². The number of rotatable bonds is 5. The Kier molecular flexibility index (Phi) is 4.34. The van der Waals surface area contributed by atoms with E-state index in [-0.39, 0.29) is 0 Å². The molecule has 0 N–H and O–H groups in total. The van der Waals surface area contributed by atoms with Crippen LogP contribution < -0.4 is 9.47 Å². The molecule has 0 spiro atoms. The van der Waals surface area contributed by atoms with Gasteiger partial charge >= 0.3 is 0 Å². The molecule has 1 aromatic heterocycles. The number of hydrogen-bond acceptors (Lipinski definition) is 5. The predicted molar refractivity (Wildman–Crippen MR) is 83.2 cm³/mol. The molecule has 1 atom stereocenters. The van der Waals surface area contributed by atoms with Crippen LogP contribution in [0.25, 0.3) is 0 Å². The average Bonchev–Trinajstić information content (AvgIpc) is 3.16. The fourth-order valence-electron chi connectivity index (χ4n) is 3.15. The number of nitrogens with zero attached hydrogens (tertiary/aromatic N) is 2. The molecule has 2 heterocycles. The van der Waals surface area contributed by atoms with Gasteiger partial charge in [-0.25, -0.2) is 0 Å². The molecular formula is C17H22N2O3. The van der Waals surface area contributed by atoms with Crippen LogP contribution >= 0.6 is 0 Å². The minimum Gasteiger partial charge on any atom is -0.493 e. The molecule has 22 heavy (non-hydrogen) atoms. The molecule has 2 aromatic rings. The molecular weight excluding hydrogens is 280 g/mol. The molecule has 1 aliphatic rings. The molecule has 5 nitrogen and oxygen atoms in total. The van der Waals surface area contributed by atoms with E-state index < -0.39 is 0 Å². The van der Waals surface area contributed by atoms with E-state index in [2.05, 4.69) is 22.2 Å². The molecule has 0 aliphatic carbocycles. The second-order valence-corrected chi connectivity index (χ2v) is 5.67. The van der Waals surface area contributed by atoms with E-state index in [4.69, 9.17) is 14.0 Å². The Morgan fingerprint density at radius 3 is 2.73 bits per heavy atom. The number of benzene rings is 1. The minimum absolute atomic E-state index is 0.386. The summed E-state index contributed by atoms with van der Waals surface area (Å²) in [6.07, 6.45) is 2.34. The molecule has 0 radical (unpaired) electrons. The SMILES string of the molecule is COc1ccc(C2CCCN2Cc2cc(C)on2)cc1OC. The van der Waals surface area contributed by atoms with Crippen LogP contribution in [0.1, 0.15) is 35.9 Å². The van der Waals surface area contributed by atoms with Gasteiger partial charge in [0.05, 0.1) is 19.9 Å². The molecule has 3 rings (SSSR count). The largest absolute Gasteiger partial charge is 0.493 e. The van der Waals surface area contributed by atoms with Gasteiger partial charge in [0.1, 0.15) is 5.76 Å². The first-order valence-electron chi connectivity index (χ1n) is 7.59. The lowest BCUT2D eigenvalue weighted by Gasteiger charge is -2.24. The van der Waals surface area contributed by atoms with Crippen molar-refractivity contribution in [3.05, 3.63) is 41.3 Å². The summed E-state index contributed by atoms with van der Waals surface area (Å²) in [7, 11) is 3.33. The zero-order valence-electron chi connectivity index (χ0n) is 13.3. The molecule has 0 saturated carbocycles. The highest BCUT2D eigenvalue weighted by molar-refractivity contribution is 5.44. The number of ether oxygens (including phenoxy) is 2. The van der Waals surface area contributed by atoms with Crippen LogP contribution in [-0.4, -0.2) is 30.8 Å². The molecule has 1 unspecified atom stereocenters. The van der Waals surface area contributed by atoms with E-state index in [1.807, 2.05) is 19.1 Å². The van der Waals surface area contributed by atoms with Gasteiger partial charge in [-0.3, -0.25) is 4.90 Å². The Morgan fingerprint density at radius 2 is 2.05 bits per heavy atom. The number of likely N-dealkylation sites (tertiary alicyclic amines) is 1. The first-order chi connectivity index (χ1) is 10.7. The van der Waals surface area contributed by atoms with E-state index in [1.165, 1.54) is 12.0 Å². The Labute approximate surface area is 130 Å². The van der Waals surface area contributed by atoms with Crippen LogP contribution in [0.15, 0.2) is 28.8 Å². The third kappa shape index (κ3) is 2.95. The Hall–Kier alpha value is -2.01. The maximum absolute atomic E-state index is 5.42. The molecule has 5 heteroatoms. The third-order valence-electron chi connectivity index (χ3n) is 4.20. The summed E-state index contributed by atoms with van der Waals surface area (Å²) in [5, 5.41) is 4.11. The monoisotopic (exact) mass is 302 g/mol. The van der Waals surface area contributed by atoms with E-state index in [1.54, 1.807) is 14.2 Å². The van der Waals surface area contributed by atoms with Crippen molar-refractivity contribution in [1.82, 2.24) is 10.1 Å². The summed E-state index contributed by atoms with van der Waals surface area (Å²) < 4.78 is 15.9. The lowest BCUT2D eigenvalue weighted by Crippen LogP contribution is -2.23. The van der Waals surface area contributed by atoms with Crippen molar-refractivity contribution in [1.29, 1.82) is 0 Å². The van der Waals surface area contributed by atoms with E-state index >= 15 is 0 Å². The summed E-state index contributed by atoms with van der Waals surface area (Å²) in [6, 6.07) is 8.57. The van der Waals surface area contributed by atoms with Crippen LogP contribution in [0.3, 0.4) is 0 Å². The standard InChI is InChI=1S/C17H22N2O3/c1-12-9-14(18-22-12)11-19-8-4-5-15(19)13-6-7-16(20-2)17(10-13)21-3/h6-7,9-10,15H,4-5,8,11H2,1-3H3. The van der Waals surface area contributed by atoms with E-state index in [0.29, 0.717) is 6.04 Å². The molecule has 1 aliphatic heterocycles. The maximum atomic E-state index is 5.42. The van der Waals surface area contributed by atoms with Crippen LogP contribution in [0, 0.1) is 6.92 Å². The van der Waals surface area contributed by atoms with Crippen molar-refractivity contribution >= 4 is 0 Å². The second-order valence-electron chi connectivity index (χ2n) is 5.67. The first kappa shape index (κ1) is 14.9. The minimum atomic E-state index is 0.386. The highest BCUT2D eigenvalue weighted by Gasteiger charge is 2.27. The van der Waals surface area contributed by atoms with Crippen LogP contribution in [-0.2, 0) is 6.54 Å². The Balaban J connectivity index is 1.80. The van der Waals surface area contributed by atoms with E-state index in [9.17, 15) is 0 Å². The summed E-state index contributed by atoms with van der Waals surface area (Å²) in [4.78, 5) is 2.44. The Morgan fingerprint density at radius 1 is 1.23 bits per heavy atom. The molecule has 1 fully saturated rings. The third-order valence-corrected chi connectivity index (χ3v) is 4.20. The summed E-state index contributed by atoms with van der Waals surface area (Å²) >= 11 is 0. The number of aryl methyl sites for hydroxylation is 1. The van der Waals surface area contributed by atoms with Crippen molar-refractivity contribution in [2.45, 2.75) is 32.4 Å². The highest BCUT2D eigenvalue weighted by atomic mass is 16.5. The lowest BCUT2D eigenvalue weighted by molar-refractivity contribution is 0.239. The molecule has 0 bridgehead atoms. The van der Waals surface area contributed by atoms with Crippen LogP contribution in [0.5, 0.6) is 11.5 Å². The first-order valence-corrected chi connectivity index (χ1v) is 7.59. The van der Waals surface area contributed by atoms with Gasteiger partial charge in [-0.15, -0.1) is 0 Å². The smallest absolute Gasteiger partial charge is 0.161 e. The normalized spacial score (nSPS) is 18.6. The van der Waals surface area contributed by atoms with Crippen LogP contribution in [0.4, 0.5) is 0 Å². The average molecular weight is 302 g/mol. The quantitative estimate of drug-likeness (QED) is 0.848. The van der Waals surface area contributed by atoms with Gasteiger partial charge in [0.15, 0.2) is 11.5 Å². The van der Waals surface area contributed by atoms with Crippen molar-refractivity contribution in [3.63, 3.8) is 0 Å². The van der Waals surface area contributed by atoms with Crippen LogP contribution in [0.2, 0.25) is 0 Å². The molecule has 1 saturated heterocycles. The van der Waals surface area contributed by atoms with Crippen molar-refractivity contribution in [2.75, 3.05) is 20.8 Å². The van der Waals surface area contributed by atoms with E-state index in [0.717, 1.165) is 42.5 Å². The Bertz CT molecular complexity index is 639. The molecule has 0 amide bonds. The number of aromatic nitrogens is 1. The van der Waals surface area contributed by atoms with Gasteiger partial charge in [-0.2, -0.15) is 0 Å². The summed E-state index contributed by atoms with van der Waals surface area (Å²) in [5.74, 6) is 2.41. The van der Waals surface area contributed by atoms with Crippen molar-refractivity contribution in [3.8, 4) is 11.5 Å². The predicted octanol–water partition coefficient (Wildman–Crippen LogP) is 3.34. The topological polar surface area (TPSA) is 47.7 Å². The van der Waals surface area contributed by atoms with Gasteiger partial charge < -0.3 is 14.0 Å². The summed E-state index contributed by atoms with van der Waals surface area (Å²) in [5.41, 5.74) is 2.25. The highest BCUT2D eigenvalue weighted by Crippen LogP contribution is 2.37. The number of hydrogen-bond donors (Lipinski definition) is 0. The lowest BCUT2D eigenvalue weighted by atomic mass is 10.0. The fourth-order valence-corrected chi connectivity index (χ4v) is 3.15. The summed E-state index contributed by atoms with van der Waals surface area (Å²) in [6.45, 7) is 3.81. The van der Waals surface area contributed by atoms with Gasteiger partial charge in [-0.1, -0.05) is 11.2 Å². The van der Waals surface area contributed by atoms with Gasteiger partial charge in [-0.05, 0) is 44.0 Å². The maximum Gasteiger partial charge on any atom is 0.161 e. The zero-order valence-corrected chi connectivity index (χ0v) is 13.3. The van der Waals surface area contributed by atoms with Crippen molar-refractivity contribution < 1.29 is 14.0 Å². The zero-order chi connectivity index (χ0) is 15.5. The second kappa shape index (κ2) is 6.40. The van der Waals surface area contributed by atoms with Gasteiger partial charge in [0.2, 0.25) is 0 Å².